The van der Waals surface area contributed by atoms with Gasteiger partial charge in [-0.2, -0.15) is 0 Å². The van der Waals surface area contributed by atoms with E-state index in [2.05, 4.69) is 0 Å². The van der Waals surface area contributed by atoms with Gasteiger partial charge in [-0.25, -0.2) is 0 Å². The van der Waals surface area contributed by atoms with Crippen LogP contribution < -0.4 is 0 Å². The van der Waals surface area contributed by atoms with E-state index in [-0.39, 0.29) is 25.2 Å². The molecule has 1 saturated carbocycles. The number of benzene rings is 1. The molecule has 0 saturated heterocycles. The first-order valence-corrected chi connectivity index (χ1v) is 17.9. The Morgan fingerprint density at radius 2 is 2.05 bits per heavy atom. The molecule has 0 spiro atoms. The van der Waals surface area contributed by atoms with Crippen LogP contribution in [0.2, 0.25) is 3.93 Å². The quantitative estimate of drug-likeness (QED) is 0.529. The molecule has 1 aliphatic carbocycles. The molecule has 3 nitrogen and oxygen atoms in total. The van der Waals surface area contributed by atoms with Gasteiger partial charge in [0, 0.05) is 0 Å². The maximum atomic E-state index is 9.59. The molecule has 1 aliphatic rings. The van der Waals surface area contributed by atoms with Gasteiger partial charge in [-0.1, -0.05) is 0 Å². The van der Waals surface area contributed by atoms with Gasteiger partial charge in [0.1, 0.15) is 0 Å². The van der Waals surface area contributed by atoms with E-state index in [1.807, 2.05) is 30.3 Å². The monoisotopic (exact) mass is 486 g/mol. The summed E-state index contributed by atoms with van der Waals surface area (Å²) in [7, 11) is 6.04. The first-order chi connectivity index (χ1) is 9.80. The van der Waals surface area contributed by atoms with Crippen LogP contribution in [0.25, 0.3) is 0 Å². The van der Waals surface area contributed by atoms with Gasteiger partial charge in [-0.15, -0.1) is 0 Å². The third kappa shape index (κ3) is 4.67. The van der Waals surface area contributed by atoms with Crippen molar-refractivity contribution >= 4 is 8.25 Å². The number of halogens is 1. The van der Waals surface area contributed by atoms with Crippen molar-refractivity contribution in [3.8, 4) is 0 Å². The first-order valence-electron chi connectivity index (χ1n) is 7.23. The van der Waals surface area contributed by atoms with Gasteiger partial charge >= 0.3 is 136 Å². The Bertz CT molecular complexity index is 390. The maximum absolute atomic E-state index is 9.59. The first kappa shape index (κ1) is 16.7. The molecule has 0 aliphatic heterocycles. The fourth-order valence-corrected chi connectivity index (χ4v) is 8.29. The zero-order chi connectivity index (χ0) is 14.4. The van der Waals surface area contributed by atoms with E-state index in [4.69, 9.17) is 13.0 Å². The third-order valence-corrected chi connectivity index (χ3v) is 9.74. The molecule has 0 unspecified atom stereocenters. The van der Waals surface area contributed by atoms with Crippen LogP contribution in [0, 0.1) is 17.8 Å². The van der Waals surface area contributed by atoms with Gasteiger partial charge in [0.2, 0.25) is 0 Å². The van der Waals surface area contributed by atoms with Crippen LogP contribution in [-0.4, -0.2) is 29.5 Å². The van der Waals surface area contributed by atoms with Crippen molar-refractivity contribution in [2.24, 2.45) is 17.8 Å². The summed E-state index contributed by atoms with van der Waals surface area (Å²) < 4.78 is 7.06. The zero-order valence-corrected chi connectivity index (χ0v) is 17.9. The fraction of sp³-hybridized carbons (Fsp3) is 0.600. The Morgan fingerprint density at radius 3 is 2.60 bits per heavy atom. The molecular formula is C15H21ClHgO3. The number of aliphatic hydroxyl groups is 2. The van der Waals surface area contributed by atoms with Crippen LogP contribution >= 0.6 is 8.25 Å². The Balaban J connectivity index is 1.95. The average molecular weight is 485 g/mol. The molecule has 2 rings (SSSR count). The summed E-state index contributed by atoms with van der Waals surface area (Å²) in [4.78, 5) is 0. The summed E-state index contributed by atoms with van der Waals surface area (Å²) in [6.45, 7) is 0.926. The van der Waals surface area contributed by atoms with E-state index in [9.17, 15) is 10.2 Å². The third-order valence-electron chi connectivity index (χ3n) is 4.10. The number of ether oxygens (including phenoxy) is 1. The predicted octanol–water partition coefficient (Wildman–Crippen LogP) is 2.46. The van der Waals surface area contributed by atoms with Crippen LogP contribution in [0.3, 0.4) is 0 Å². The Hall–Kier alpha value is 0.325. The predicted molar refractivity (Wildman–Crippen MR) is 74.9 cm³/mol. The fourth-order valence-electron chi connectivity index (χ4n) is 2.76. The van der Waals surface area contributed by atoms with Crippen molar-refractivity contribution in [3.63, 3.8) is 0 Å². The van der Waals surface area contributed by atoms with Crippen LogP contribution in [-0.2, 0) is 34.7 Å². The summed E-state index contributed by atoms with van der Waals surface area (Å²) in [5.74, 6) is 0.883. The molecular weight excluding hydrogens is 464 g/mol. The van der Waals surface area contributed by atoms with Gasteiger partial charge in [-0.05, 0) is 0 Å². The topological polar surface area (TPSA) is 49.7 Å². The Kier molecular flexibility index (Phi) is 7.25. The van der Waals surface area contributed by atoms with E-state index in [0.717, 1.165) is 15.9 Å². The zero-order valence-electron chi connectivity index (χ0n) is 11.6. The Morgan fingerprint density at radius 1 is 1.30 bits per heavy atom. The average Bonchev–Trinajstić information content (AvgIpc) is 3.27. The van der Waals surface area contributed by atoms with Gasteiger partial charge in [0.25, 0.3) is 0 Å². The standard InChI is InChI=1S/C15H21O3.ClH.Hg/c1-11(8-16)15(14-7-13(14)9-17)18-10-12-5-3-2-4-6-12;;/h2-6,11,13-17H,1,7-10H2;1H;/q;;+1/p-1/t11-,13-,14+,15+;;/m1../s1. The van der Waals surface area contributed by atoms with Crippen molar-refractivity contribution in [1.29, 1.82) is 0 Å². The number of hydrogen-bond donors (Lipinski definition) is 2. The van der Waals surface area contributed by atoms with Crippen molar-refractivity contribution in [3.05, 3.63) is 35.9 Å². The van der Waals surface area contributed by atoms with Crippen LogP contribution in [0.1, 0.15) is 12.0 Å². The molecule has 20 heavy (non-hydrogen) atoms. The molecule has 2 N–H and O–H groups in total. The molecule has 1 fully saturated rings. The molecule has 5 heteroatoms. The second-order valence-corrected chi connectivity index (χ2v) is 12.6. The molecule has 108 valence electrons. The van der Waals surface area contributed by atoms with E-state index in [1.54, 1.807) is 0 Å². The summed E-state index contributed by atoms with van der Waals surface area (Å²) in [6, 6.07) is 10.1. The van der Waals surface area contributed by atoms with Gasteiger partial charge < -0.3 is 0 Å². The van der Waals surface area contributed by atoms with Crippen molar-refractivity contribution in [2.45, 2.75) is 23.1 Å². The Labute approximate surface area is 136 Å². The molecule has 1 aromatic carbocycles. The minimum absolute atomic E-state index is 0.0381. The number of hydrogen-bond acceptors (Lipinski definition) is 3. The SMILES string of the molecule is OC[C@H]1C[C@@H]1[C@@H](OCc1ccccc1)[C@@H](CO)[CH2][Hg][Cl]. The number of rotatable bonds is 9. The van der Waals surface area contributed by atoms with Crippen LogP contribution in [0.15, 0.2) is 30.3 Å². The molecule has 0 bridgehead atoms. The molecule has 0 heterocycles. The summed E-state index contributed by atoms with van der Waals surface area (Å²) >= 11 is -1.31. The second kappa shape index (κ2) is 8.69. The molecule has 0 amide bonds. The molecule has 0 radical (unpaired) electrons. The van der Waals surface area contributed by atoms with Crippen LogP contribution in [0.5, 0.6) is 0 Å². The summed E-state index contributed by atoms with van der Waals surface area (Å²) in [6.07, 6.45) is 1.04. The molecule has 4 atom stereocenters. The van der Waals surface area contributed by atoms with Crippen molar-refractivity contribution in [2.75, 3.05) is 13.2 Å². The van der Waals surface area contributed by atoms with E-state index in [1.165, 1.54) is 0 Å². The van der Waals surface area contributed by atoms with E-state index >= 15 is 0 Å². The molecule has 1 aromatic rings. The number of aliphatic hydroxyl groups excluding tert-OH is 2. The summed E-state index contributed by atoms with van der Waals surface area (Å²) in [5, 5.41) is 18.9. The second-order valence-electron chi connectivity index (χ2n) is 5.52. The molecule has 0 aromatic heterocycles. The van der Waals surface area contributed by atoms with Crippen LogP contribution in [0.4, 0.5) is 0 Å². The van der Waals surface area contributed by atoms with E-state index < -0.39 is 23.3 Å². The van der Waals surface area contributed by atoms with Gasteiger partial charge in [0.05, 0.1) is 0 Å². The van der Waals surface area contributed by atoms with Crippen molar-refractivity contribution < 1.29 is 38.3 Å². The summed E-state index contributed by atoms with van der Waals surface area (Å²) in [5.41, 5.74) is 1.14. The normalized spacial score (nSPS) is 23.9. The van der Waals surface area contributed by atoms with Gasteiger partial charge in [0.15, 0.2) is 0 Å². The van der Waals surface area contributed by atoms with Crippen molar-refractivity contribution in [1.82, 2.24) is 0 Å². The van der Waals surface area contributed by atoms with E-state index in [0.29, 0.717) is 18.4 Å². The minimum atomic E-state index is -1.31. The van der Waals surface area contributed by atoms with Gasteiger partial charge in [-0.3, -0.25) is 0 Å².